The van der Waals surface area contributed by atoms with Crippen molar-refractivity contribution in [1.82, 2.24) is 20.1 Å². The minimum atomic E-state index is -0.231. The Morgan fingerprint density at radius 3 is 2.41 bits per heavy atom. The monoisotopic (exact) mass is 625 g/mol. The first-order valence-corrected chi connectivity index (χ1v) is 16.3. The van der Waals surface area contributed by atoms with Crippen molar-refractivity contribution >= 4 is 17.5 Å². The number of nitrogens with zero attached hydrogens (tertiary/aromatic N) is 2. The molecule has 3 N–H and O–H groups in total. The van der Waals surface area contributed by atoms with Gasteiger partial charge in [-0.15, -0.1) is 0 Å². The Labute approximate surface area is 272 Å². The molecule has 3 aromatic rings. The second-order valence-corrected chi connectivity index (χ2v) is 12.7. The van der Waals surface area contributed by atoms with Crippen LogP contribution in [-0.4, -0.2) is 72.0 Å². The Kier molecular flexibility index (Phi) is 10.8. The Morgan fingerprint density at radius 1 is 1.00 bits per heavy atom. The molecule has 2 saturated heterocycles. The summed E-state index contributed by atoms with van der Waals surface area (Å²) >= 11 is 0. The number of anilines is 1. The van der Waals surface area contributed by atoms with Gasteiger partial charge in [0.1, 0.15) is 0 Å². The van der Waals surface area contributed by atoms with Crippen LogP contribution in [0.3, 0.4) is 0 Å². The molecule has 2 aliphatic heterocycles. The quantitative estimate of drug-likeness (QED) is 0.271. The number of rotatable bonds is 10. The number of aromatic nitrogens is 1. The number of carbonyl (C=O) groups excluding carboxylic acids is 2. The number of piperidine rings is 2. The summed E-state index contributed by atoms with van der Waals surface area (Å²) < 4.78 is 5.55. The Hall–Kier alpha value is -4.21. The first kappa shape index (κ1) is 33.2. The zero-order valence-corrected chi connectivity index (χ0v) is 27.6. The van der Waals surface area contributed by atoms with Crippen LogP contribution in [0, 0.1) is 20.8 Å². The number of carbonyl (C=O) groups is 2. The van der Waals surface area contributed by atoms with Crippen LogP contribution in [0.1, 0.15) is 64.0 Å². The molecular weight excluding hydrogens is 578 g/mol. The number of benzene rings is 2. The third kappa shape index (κ3) is 7.95. The highest BCUT2D eigenvalue weighted by Gasteiger charge is 2.24. The van der Waals surface area contributed by atoms with Crippen LogP contribution in [0.5, 0.6) is 0 Å². The van der Waals surface area contributed by atoms with Gasteiger partial charge >= 0.3 is 0 Å². The number of aromatic amines is 1. The number of nitrogens with one attached hydrogen (secondary N) is 3. The SMILES string of the molecule is C=CC(=O)N1CCC(Nc2cc(-c3cccc(CN4CCC(OC)CC4)c3)cc(C(=O)NCc3c(C)cc(C)[nH]c3=O)c2C)CC1. The summed E-state index contributed by atoms with van der Waals surface area (Å²) in [5, 5.41) is 6.71. The molecule has 0 aliphatic carbocycles. The summed E-state index contributed by atoms with van der Waals surface area (Å²) in [4.78, 5) is 45.6. The van der Waals surface area contributed by atoms with E-state index >= 15 is 0 Å². The van der Waals surface area contributed by atoms with E-state index in [1.165, 1.54) is 11.6 Å². The highest BCUT2D eigenvalue weighted by Crippen LogP contribution is 2.31. The largest absolute Gasteiger partial charge is 0.382 e. The number of amides is 2. The Balaban J connectivity index is 1.41. The van der Waals surface area contributed by atoms with Gasteiger partial charge in [-0.25, -0.2) is 0 Å². The molecule has 1 aromatic heterocycles. The van der Waals surface area contributed by atoms with Gasteiger partial charge in [0.2, 0.25) is 5.91 Å². The van der Waals surface area contributed by atoms with E-state index in [4.69, 9.17) is 4.74 Å². The number of hydrogen-bond acceptors (Lipinski definition) is 6. The zero-order valence-electron chi connectivity index (χ0n) is 27.6. The first-order chi connectivity index (χ1) is 22.1. The molecule has 2 amide bonds. The second-order valence-electron chi connectivity index (χ2n) is 12.7. The molecule has 9 nitrogen and oxygen atoms in total. The molecule has 5 rings (SSSR count). The van der Waals surface area contributed by atoms with Gasteiger partial charge in [0, 0.05) is 74.9 Å². The van der Waals surface area contributed by atoms with E-state index < -0.39 is 0 Å². The fraction of sp³-hybridized carbons (Fsp3) is 0.432. The van der Waals surface area contributed by atoms with E-state index in [0.29, 0.717) is 30.3 Å². The van der Waals surface area contributed by atoms with Crippen molar-refractivity contribution in [2.45, 2.75) is 71.7 Å². The highest BCUT2D eigenvalue weighted by atomic mass is 16.5. The fourth-order valence-corrected chi connectivity index (χ4v) is 6.64. The van der Waals surface area contributed by atoms with Gasteiger partial charge in [-0.1, -0.05) is 24.8 Å². The van der Waals surface area contributed by atoms with Gasteiger partial charge in [-0.2, -0.15) is 0 Å². The van der Waals surface area contributed by atoms with Crippen molar-refractivity contribution < 1.29 is 14.3 Å². The Morgan fingerprint density at radius 2 is 1.74 bits per heavy atom. The average molecular weight is 626 g/mol. The number of methoxy groups -OCH3 is 1. The number of pyridine rings is 1. The van der Waals surface area contributed by atoms with Crippen LogP contribution < -0.4 is 16.2 Å². The average Bonchev–Trinajstić information content (AvgIpc) is 3.05. The third-order valence-electron chi connectivity index (χ3n) is 9.45. The molecule has 0 unspecified atom stereocenters. The van der Waals surface area contributed by atoms with Crippen LogP contribution in [0.25, 0.3) is 11.1 Å². The number of aryl methyl sites for hydroxylation is 2. The van der Waals surface area contributed by atoms with E-state index in [0.717, 1.165) is 79.0 Å². The van der Waals surface area contributed by atoms with E-state index in [1.54, 1.807) is 7.11 Å². The second kappa shape index (κ2) is 14.9. The summed E-state index contributed by atoms with van der Waals surface area (Å²) in [7, 11) is 1.79. The minimum Gasteiger partial charge on any atom is -0.382 e. The highest BCUT2D eigenvalue weighted by molar-refractivity contribution is 5.98. The lowest BCUT2D eigenvalue weighted by Gasteiger charge is -2.33. The van der Waals surface area contributed by atoms with Crippen molar-refractivity contribution in [3.63, 3.8) is 0 Å². The molecule has 2 fully saturated rings. The molecule has 2 aromatic carbocycles. The van der Waals surface area contributed by atoms with Crippen molar-refractivity contribution in [3.8, 4) is 11.1 Å². The lowest BCUT2D eigenvalue weighted by atomic mass is 9.95. The molecule has 0 spiro atoms. The van der Waals surface area contributed by atoms with Gasteiger partial charge in [0.05, 0.1) is 6.10 Å². The van der Waals surface area contributed by atoms with E-state index in [-0.39, 0.29) is 30.0 Å². The van der Waals surface area contributed by atoms with Crippen molar-refractivity contribution in [1.29, 1.82) is 0 Å². The summed E-state index contributed by atoms with van der Waals surface area (Å²) in [5.74, 6) is -0.272. The number of likely N-dealkylation sites (tertiary alicyclic amines) is 2. The predicted octanol–water partition coefficient (Wildman–Crippen LogP) is 5.10. The standard InChI is InChI=1S/C37H47N5O4/c1-6-35(43)42-16-10-30(11-17-42)40-34-21-29(28-9-7-8-27(19-28)23-41-14-12-31(46-5)13-15-41)20-32(26(34)4)36(44)38-22-33-24(2)18-25(3)39-37(33)45/h6-9,18-21,30-31,40H,1,10-17,22-23H2,2-5H3,(H,38,44)(H,39,45). The van der Waals surface area contributed by atoms with Crippen LogP contribution in [0.4, 0.5) is 5.69 Å². The third-order valence-corrected chi connectivity index (χ3v) is 9.45. The predicted molar refractivity (Wildman–Crippen MR) is 183 cm³/mol. The maximum Gasteiger partial charge on any atom is 0.253 e. The summed E-state index contributed by atoms with van der Waals surface area (Å²) in [6.45, 7) is 13.6. The summed E-state index contributed by atoms with van der Waals surface area (Å²) in [6.07, 6.45) is 5.39. The lowest BCUT2D eigenvalue weighted by Crippen LogP contribution is -2.41. The van der Waals surface area contributed by atoms with Crippen LogP contribution in [0.15, 0.2) is 59.9 Å². The van der Waals surface area contributed by atoms with Crippen molar-refractivity contribution in [3.05, 3.63) is 99.0 Å². The molecule has 0 radical (unpaired) electrons. The molecule has 0 saturated carbocycles. The van der Waals surface area contributed by atoms with Gasteiger partial charge in [0.25, 0.3) is 11.5 Å². The first-order valence-electron chi connectivity index (χ1n) is 16.3. The van der Waals surface area contributed by atoms with E-state index in [9.17, 15) is 14.4 Å². The number of hydrogen-bond donors (Lipinski definition) is 3. The lowest BCUT2D eigenvalue weighted by molar-refractivity contribution is -0.126. The molecule has 9 heteroatoms. The molecule has 0 atom stereocenters. The van der Waals surface area contributed by atoms with Crippen molar-refractivity contribution in [2.24, 2.45) is 0 Å². The normalized spacial score (nSPS) is 16.3. The molecule has 2 aliphatic rings. The molecule has 46 heavy (non-hydrogen) atoms. The number of H-pyrrole nitrogens is 1. The Bertz CT molecular complexity index is 1630. The maximum absolute atomic E-state index is 13.8. The maximum atomic E-state index is 13.8. The molecule has 244 valence electrons. The van der Waals surface area contributed by atoms with Gasteiger partial charge < -0.3 is 25.3 Å². The van der Waals surface area contributed by atoms with E-state index in [1.807, 2.05) is 37.8 Å². The van der Waals surface area contributed by atoms with Gasteiger partial charge in [0.15, 0.2) is 0 Å². The van der Waals surface area contributed by atoms with Gasteiger partial charge in [-0.05, 0) is 105 Å². The molecular formula is C37H47N5O4. The summed E-state index contributed by atoms with van der Waals surface area (Å²) in [5.41, 5.74) is 7.52. The topological polar surface area (TPSA) is 107 Å². The van der Waals surface area contributed by atoms with Crippen LogP contribution >= 0.6 is 0 Å². The smallest absolute Gasteiger partial charge is 0.253 e. The van der Waals surface area contributed by atoms with Crippen LogP contribution in [0.2, 0.25) is 0 Å². The van der Waals surface area contributed by atoms with Crippen molar-refractivity contribution in [2.75, 3.05) is 38.6 Å². The molecule has 3 heterocycles. The molecule has 0 bridgehead atoms. The summed E-state index contributed by atoms with van der Waals surface area (Å²) in [6, 6.07) is 14.7. The zero-order chi connectivity index (χ0) is 32.8. The van der Waals surface area contributed by atoms with Crippen LogP contribution in [-0.2, 0) is 22.6 Å². The van der Waals surface area contributed by atoms with E-state index in [2.05, 4.69) is 57.4 Å². The minimum absolute atomic E-state index is 0.0406. The number of ether oxygens (including phenoxy) is 1. The van der Waals surface area contributed by atoms with Gasteiger partial charge in [-0.3, -0.25) is 19.3 Å². The fourth-order valence-electron chi connectivity index (χ4n) is 6.64.